The molecule has 3 N–H and O–H groups in total. The highest BCUT2D eigenvalue weighted by molar-refractivity contribution is 6.03. The van der Waals surface area contributed by atoms with E-state index in [1.54, 1.807) is 0 Å². The molecule has 0 amide bonds. The fraction of sp³-hybridized carbons (Fsp3) is 0.214. The van der Waals surface area contributed by atoms with Gasteiger partial charge in [0.1, 0.15) is 0 Å². The molecular weight excluding hydrogens is 420 g/mol. The van der Waals surface area contributed by atoms with E-state index in [0.717, 1.165) is 51.8 Å². The fourth-order valence-corrected chi connectivity index (χ4v) is 5.08. The maximum absolute atomic E-state index is 6.12. The Labute approximate surface area is 199 Å². The van der Waals surface area contributed by atoms with Gasteiger partial charge in [-0.25, -0.2) is 9.50 Å². The van der Waals surface area contributed by atoms with Crippen LogP contribution >= 0.6 is 0 Å². The van der Waals surface area contributed by atoms with Gasteiger partial charge < -0.3 is 16.0 Å². The summed E-state index contributed by atoms with van der Waals surface area (Å²) in [6, 6.07) is 24.0. The van der Waals surface area contributed by atoms with Crippen LogP contribution in [0.25, 0.3) is 38.7 Å². The van der Waals surface area contributed by atoms with Gasteiger partial charge in [-0.05, 0) is 37.6 Å². The minimum Gasteiger partial charge on any atom is -0.391 e. The minimum absolute atomic E-state index is 0.466. The Balaban J connectivity index is 1.35. The summed E-state index contributed by atoms with van der Waals surface area (Å²) in [6.07, 6.45) is 5.78. The molecule has 6 nitrogen and oxygen atoms in total. The lowest BCUT2D eigenvalue weighted by atomic mass is 10.0. The van der Waals surface area contributed by atoms with E-state index in [2.05, 4.69) is 65.6 Å². The van der Waals surface area contributed by atoms with Crippen LogP contribution in [-0.4, -0.2) is 39.8 Å². The van der Waals surface area contributed by atoms with E-state index in [9.17, 15) is 0 Å². The zero-order valence-corrected chi connectivity index (χ0v) is 19.3. The van der Waals surface area contributed by atoms with Crippen LogP contribution in [0.15, 0.2) is 67.1 Å². The fourth-order valence-electron chi connectivity index (χ4n) is 5.08. The lowest BCUT2D eigenvalue weighted by Crippen LogP contribution is -2.55. The van der Waals surface area contributed by atoms with E-state index < -0.39 is 0 Å². The van der Waals surface area contributed by atoms with Crippen molar-refractivity contribution in [2.75, 3.05) is 23.7 Å². The molecule has 0 spiro atoms. The predicted octanol–water partition coefficient (Wildman–Crippen LogP) is 4.59. The van der Waals surface area contributed by atoms with E-state index in [0.29, 0.717) is 17.8 Å². The molecule has 1 aliphatic rings. The van der Waals surface area contributed by atoms with Gasteiger partial charge in [-0.1, -0.05) is 42.5 Å². The van der Waals surface area contributed by atoms with Gasteiger partial charge in [-0.2, -0.15) is 5.10 Å². The Morgan fingerprint density at radius 3 is 2.41 bits per heavy atom. The van der Waals surface area contributed by atoms with E-state index in [1.807, 2.05) is 47.4 Å². The number of anilines is 2. The standard InChI is InChI=1S/C28H26N6/c1-18-13-30-14-19(2)34(18)22-9-7-20(8-10-22)21-15-31-28-26(16-32-33(28)17-21)24-11-12-27(29)25-6-4-3-5-23(24)25/h3-10,15-19,30H,13-14,29H2,1-2H3/t18-,19+. The zero-order valence-electron chi connectivity index (χ0n) is 19.3. The SMILES string of the molecule is C[C@@H]1CNC[C@H](C)N1c1ccc(-c2cnc3c(-c4c#cc(N)c5ccccc45)cnn3c2)cc1. The van der Waals surface area contributed by atoms with Crippen molar-refractivity contribution in [2.24, 2.45) is 0 Å². The maximum Gasteiger partial charge on any atom is 0.163 e. The molecule has 2 atom stereocenters. The highest BCUT2D eigenvalue weighted by Gasteiger charge is 2.24. The molecule has 0 saturated carbocycles. The number of benzene rings is 2. The van der Waals surface area contributed by atoms with Crippen molar-refractivity contribution < 1.29 is 0 Å². The van der Waals surface area contributed by atoms with Crippen molar-refractivity contribution in [2.45, 2.75) is 25.9 Å². The van der Waals surface area contributed by atoms with Gasteiger partial charge in [0.05, 0.1) is 17.4 Å². The Morgan fingerprint density at radius 2 is 1.65 bits per heavy atom. The summed E-state index contributed by atoms with van der Waals surface area (Å²) in [7, 11) is 0. The number of aromatic nitrogens is 3. The number of piperazine rings is 1. The first-order chi connectivity index (χ1) is 16.6. The van der Waals surface area contributed by atoms with Gasteiger partial charge in [0.25, 0.3) is 0 Å². The van der Waals surface area contributed by atoms with E-state index in [1.165, 1.54) is 5.69 Å². The van der Waals surface area contributed by atoms with Crippen molar-refractivity contribution in [1.29, 1.82) is 0 Å². The second-order valence-electron chi connectivity index (χ2n) is 9.06. The number of fused-ring (bicyclic) bond motifs is 2. The summed E-state index contributed by atoms with van der Waals surface area (Å²) in [5.74, 6) is 0. The summed E-state index contributed by atoms with van der Waals surface area (Å²) in [5, 5.41) is 10.1. The first-order valence-corrected chi connectivity index (χ1v) is 11.6. The summed E-state index contributed by atoms with van der Waals surface area (Å²) in [5.41, 5.74) is 12.7. The number of hydrogen-bond acceptors (Lipinski definition) is 5. The first-order valence-electron chi connectivity index (χ1n) is 11.6. The van der Waals surface area contributed by atoms with Crippen molar-refractivity contribution in [1.82, 2.24) is 19.9 Å². The van der Waals surface area contributed by atoms with Crippen LogP contribution in [-0.2, 0) is 0 Å². The van der Waals surface area contributed by atoms with Gasteiger partial charge in [-0.3, -0.25) is 0 Å². The molecule has 6 rings (SSSR count). The Hall–Kier alpha value is -4.08. The van der Waals surface area contributed by atoms with Crippen molar-refractivity contribution in [3.05, 3.63) is 79.3 Å². The Kier molecular flexibility index (Phi) is 4.86. The molecule has 3 aromatic carbocycles. The summed E-state index contributed by atoms with van der Waals surface area (Å²) in [6.45, 7) is 6.55. The first kappa shape index (κ1) is 20.5. The monoisotopic (exact) mass is 446 g/mol. The summed E-state index contributed by atoms with van der Waals surface area (Å²) in [4.78, 5) is 7.27. The zero-order chi connectivity index (χ0) is 23.2. The van der Waals surface area contributed by atoms with E-state index in [-0.39, 0.29) is 0 Å². The molecule has 0 unspecified atom stereocenters. The summed E-state index contributed by atoms with van der Waals surface area (Å²) < 4.78 is 1.83. The third-order valence-corrected chi connectivity index (χ3v) is 6.76. The Morgan fingerprint density at radius 1 is 0.912 bits per heavy atom. The van der Waals surface area contributed by atoms with Crippen LogP contribution in [0, 0.1) is 12.1 Å². The van der Waals surface area contributed by atoms with Crippen molar-refractivity contribution in [3.63, 3.8) is 0 Å². The van der Waals surface area contributed by atoms with Gasteiger partial charge in [0.15, 0.2) is 5.65 Å². The maximum atomic E-state index is 6.12. The topological polar surface area (TPSA) is 71.5 Å². The number of nitrogens with two attached hydrogens (primary N) is 1. The molecule has 34 heavy (non-hydrogen) atoms. The number of nitrogens with zero attached hydrogens (tertiary/aromatic N) is 4. The van der Waals surface area contributed by atoms with Gasteiger partial charge in [0.2, 0.25) is 0 Å². The second kappa shape index (κ2) is 8.05. The molecule has 1 aliphatic heterocycles. The number of hydrogen-bond donors (Lipinski definition) is 2. The molecule has 1 saturated heterocycles. The molecule has 2 aromatic heterocycles. The molecule has 168 valence electrons. The Bertz CT molecular complexity index is 1480. The lowest BCUT2D eigenvalue weighted by molar-refractivity contribution is 0.432. The average Bonchev–Trinajstić information content (AvgIpc) is 3.28. The molecule has 3 heterocycles. The van der Waals surface area contributed by atoms with Gasteiger partial charge in [0, 0.05) is 65.2 Å². The number of nitrogens with one attached hydrogen (secondary N) is 1. The third-order valence-electron chi connectivity index (χ3n) is 6.76. The van der Waals surface area contributed by atoms with Crippen molar-refractivity contribution in [3.8, 4) is 22.3 Å². The van der Waals surface area contributed by atoms with Crippen molar-refractivity contribution >= 4 is 27.8 Å². The third kappa shape index (κ3) is 3.33. The predicted molar refractivity (Wildman–Crippen MR) is 138 cm³/mol. The van der Waals surface area contributed by atoms with Crippen LogP contribution in [0.5, 0.6) is 0 Å². The average molecular weight is 447 g/mol. The molecule has 1 fully saturated rings. The molecule has 0 radical (unpaired) electrons. The minimum atomic E-state index is 0.466. The highest BCUT2D eigenvalue weighted by atomic mass is 15.2. The van der Waals surface area contributed by atoms with E-state index in [4.69, 9.17) is 10.7 Å². The molecule has 0 bridgehead atoms. The molecule has 6 heteroatoms. The van der Waals surface area contributed by atoms with Crippen LogP contribution in [0.1, 0.15) is 13.8 Å². The lowest BCUT2D eigenvalue weighted by Gasteiger charge is -2.41. The van der Waals surface area contributed by atoms with Crippen LogP contribution in [0.2, 0.25) is 0 Å². The van der Waals surface area contributed by atoms with Gasteiger partial charge >= 0.3 is 0 Å². The second-order valence-corrected chi connectivity index (χ2v) is 9.06. The normalized spacial score (nSPS) is 18.4. The van der Waals surface area contributed by atoms with Crippen LogP contribution in [0.4, 0.5) is 11.4 Å². The van der Waals surface area contributed by atoms with Gasteiger partial charge in [-0.15, -0.1) is 0 Å². The summed E-state index contributed by atoms with van der Waals surface area (Å²) >= 11 is 0. The van der Waals surface area contributed by atoms with Crippen LogP contribution < -0.4 is 16.0 Å². The van der Waals surface area contributed by atoms with Crippen LogP contribution in [0.3, 0.4) is 0 Å². The smallest absolute Gasteiger partial charge is 0.163 e. The molecule has 0 aliphatic carbocycles. The highest BCUT2D eigenvalue weighted by Crippen LogP contribution is 2.32. The molecular formula is C28H26N6. The quantitative estimate of drug-likeness (QED) is 0.424. The largest absolute Gasteiger partial charge is 0.391 e. The molecule has 5 aromatic rings. The number of nitrogen functional groups attached to an aromatic ring is 1. The van der Waals surface area contributed by atoms with E-state index >= 15 is 0 Å². The number of rotatable bonds is 3.